The molecule has 0 bridgehead atoms. The van der Waals surface area contributed by atoms with Crippen LogP contribution in [-0.2, 0) is 9.53 Å². The first-order valence-electron chi connectivity index (χ1n) is 7.01. The molecule has 6 heteroatoms. The number of esters is 1. The molecule has 0 spiro atoms. The third kappa shape index (κ3) is 3.26. The van der Waals surface area contributed by atoms with Gasteiger partial charge in [0.25, 0.3) is 5.91 Å². The summed E-state index contributed by atoms with van der Waals surface area (Å²) < 4.78 is 4.99. The number of aromatic hydroxyl groups is 2. The van der Waals surface area contributed by atoms with E-state index in [-0.39, 0.29) is 35.5 Å². The van der Waals surface area contributed by atoms with Gasteiger partial charge in [0.15, 0.2) is 0 Å². The molecule has 21 heavy (non-hydrogen) atoms. The molecule has 1 saturated heterocycles. The van der Waals surface area contributed by atoms with Gasteiger partial charge in [0.1, 0.15) is 17.1 Å². The fourth-order valence-corrected chi connectivity index (χ4v) is 2.52. The molecule has 0 aliphatic carbocycles. The van der Waals surface area contributed by atoms with Crippen molar-refractivity contribution in [1.82, 2.24) is 4.90 Å². The monoisotopic (exact) mass is 293 g/mol. The van der Waals surface area contributed by atoms with Gasteiger partial charge >= 0.3 is 5.97 Å². The topological polar surface area (TPSA) is 87.1 Å². The van der Waals surface area contributed by atoms with Crippen molar-refractivity contribution in [3.63, 3.8) is 0 Å². The number of carbonyl (C=O) groups is 2. The van der Waals surface area contributed by atoms with Crippen LogP contribution >= 0.6 is 0 Å². The van der Waals surface area contributed by atoms with Crippen molar-refractivity contribution in [2.24, 2.45) is 5.92 Å². The molecule has 0 aromatic heterocycles. The average Bonchev–Trinajstić information content (AvgIpc) is 2.47. The van der Waals surface area contributed by atoms with E-state index in [4.69, 9.17) is 4.74 Å². The van der Waals surface area contributed by atoms with Crippen LogP contribution < -0.4 is 0 Å². The first-order valence-corrected chi connectivity index (χ1v) is 7.01. The van der Waals surface area contributed by atoms with Crippen LogP contribution in [-0.4, -0.2) is 46.7 Å². The highest BCUT2D eigenvalue weighted by Crippen LogP contribution is 2.29. The highest BCUT2D eigenvalue weighted by molar-refractivity contribution is 5.99. The van der Waals surface area contributed by atoms with E-state index in [1.165, 1.54) is 23.1 Å². The van der Waals surface area contributed by atoms with E-state index in [2.05, 4.69) is 0 Å². The van der Waals surface area contributed by atoms with Crippen molar-refractivity contribution in [2.75, 3.05) is 19.7 Å². The van der Waals surface area contributed by atoms with Crippen molar-refractivity contribution in [3.8, 4) is 11.5 Å². The number of phenolic OH excluding ortho intramolecular Hbond substituents is 2. The molecular formula is C15H19NO5. The fraction of sp³-hybridized carbons (Fsp3) is 0.467. The quantitative estimate of drug-likeness (QED) is 0.825. The molecule has 1 aliphatic heterocycles. The molecule has 1 atom stereocenters. The van der Waals surface area contributed by atoms with E-state index in [1.54, 1.807) is 6.92 Å². The standard InChI is InChI=1S/C15H19NO5/c1-2-21-15(20)10-5-4-8-16(9-10)14(19)13-11(17)6-3-7-12(13)18/h3,6-7,10,17-18H,2,4-5,8-9H2,1H3. The highest BCUT2D eigenvalue weighted by Gasteiger charge is 2.31. The Morgan fingerprint density at radius 2 is 2.00 bits per heavy atom. The smallest absolute Gasteiger partial charge is 0.310 e. The van der Waals surface area contributed by atoms with Gasteiger partial charge in [-0.15, -0.1) is 0 Å². The summed E-state index contributed by atoms with van der Waals surface area (Å²) in [6, 6.07) is 4.15. The fourth-order valence-electron chi connectivity index (χ4n) is 2.52. The summed E-state index contributed by atoms with van der Waals surface area (Å²) in [5.41, 5.74) is -0.123. The summed E-state index contributed by atoms with van der Waals surface area (Å²) in [5, 5.41) is 19.5. The predicted octanol–water partition coefficient (Wildman–Crippen LogP) is 1.51. The maximum absolute atomic E-state index is 12.4. The molecule has 1 heterocycles. The number of benzene rings is 1. The minimum Gasteiger partial charge on any atom is -0.507 e. The Bertz CT molecular complexity index is 523. The Morgan fingerprint density at radius 3 is 2.62 bits per heavy atom. The highest BCUT2D eigenvalue weighted by atomic mass is 16.5. The van der Waals surface area contributed by atoms with Crippen molar-refractivity contribution >= 4 is 11.9 Å². The van der Waals surface area contributed by atoms with Gasteiger partial charge in [-0.2, -0.15) is 0 Å². The number of phenols is 2. The molecule has 0 saturated carbocycles. The minimum atomic E-state index is -0.473. The first-order chi connectivity index (χ1) is 10.0. The molecule has 114 valence electrons. The lowest BCUT2D eigenvalue weighted by Gasteiger charge is -2.31. The second kappa shape index (κ2) is 6.47. The Kier molecular flexibility index (Phi) is 4.67. The molecule has 1 unspecified atom stereocenters. The van der Waals surface area contributed by atoms with Crippen molar-refractivity contribution in [3.05, 3.63) is 23.8 Å². The Balaban J connectivity index is 2.14. The normalized spacial score (nSPS) is 18.3. The SMILES string of the molecule is CCOC(=O)C1CCCN(C(=O)c2c(O)cccc2O)C1. The lowest BCUT2D eigenvalue weighted by molar-refractivity contribution is -0.149. The van der Waals surface area contributed by atoms with E-state index in [9.17, 15) is 19.8 Å². The van der Waals surface area contributed by atoms with Crippen molar-refractivity contribution in [1.29, 1.82) is 0 Å². The van der Waals surface area contributed by atoms with Crippen LogP contribution in [0.25, 0.3) is 0 Å². The van der Waals surface area contributed by atoms with Gasteiger partial charge in [-0.05, 0) is 31.9 Å². The number of carbonyl (C=O) groups excluding carboxylic acids is 2. The van der Waals surface area contributed by atoms with Gasteiger partial charge in [0, 0.05) is 13.1 Å². The van der Waals surface area contributed by atoms with Crippen LogP contribution in [0.2, 0.25) is 0 Å². The third-order valence-electron chi connectivity index (χ3n) is 3.56. The van der Waals surface area contributed by atoms with Gasteiger partial charge in [-0.1, -0.05) is 6.07 Å². The number of hydrogen-bond acceptors (Lipinski definition) is 5. The number of nitrogens with zero attached hydrogens (tertiary/aromatic N) is 1. The van der Waals surface area contributed by atoms with Crippen LogP contribution in [0, 0.1) is 5.92 Å². The van der Waals surface area contributed by atoms with Gasteiger partial charge in [-0.25, -0.2) is 0 Å². The van der Waals surface area contributed by atoms with Crippen LogP contribution in [0.15, 0.2) is 18.2 Å². The molecule has 2 rings (SSSR count). The van der Waals surface area contributed by atoms with Crippen LogP contribution in [0.1, 0.15) is 30.1 Å². The molecule has 2 N–H and O–H groups in total. The van der Waals surface area contributed by atoms with Gasteiger partial charge in [-0.3, -0.25) is 9.59 Å². The molecule has 1 aliphatic rings. The zero-order valence-corrected chi connectivity index (χ0v) is 11.9. The van der Waals surface area contributed by atoms with E-state index in [1.807, 2.05) is 0 Å². The third-order valence-corrected chi connectivity index (χ3v) is 3.56. The summed E-state index contributed by atoms with van der Waals surface area (Å²) in [4.78, 5) is 25.7. The van der Waals surface area contributed by atoms with Crippen molar-refractivity contribution in [2.45, 2.75) is 19.8 Å². The summed E-state index contributed by atoms with van der Waals surface area (Å²) in [7, 11) is 0. The van der Waals surface area contributed by atoms with Crippen LogP contribution in [0.3, 0.4) is 0 Å². The maximum atomic E-state index is 12.4. The number of amides is 1. The predicted molar refractivity (Wildman–Crippen MR) is 75.0 cm³/mol. The lowest BCUT2D eigenvalue weighted by Crippen LogP contribution is -2.42. The zero-order valence-electron chi connectivity index (χ0n) is 11.9. The second-order valence-electron chi connectivity index (χ2n) is 5.01. The summed E-state index contributed by atoms with van der Waals surface area (Å²) in [6.45, 7) is 2.78. The first kappa shape index (κ1) is 15.2. The van der Waals surface area contributed by atoms with Crippen LogP contribution in [0.4, 0.5) is 0 Å². The molecule has 6 nitrogen and oxygen atoms in total. The average molecular weight is 293 g/mol. The molecule has 1 amide bonds. The number of rotatable bonds is 3. The summed E-state index contributed by atoms with van der Waals surface area (Å²) in [5.74, 6) is -1.66. The number of piperidine rings is 1. The molecule has 1 aromatic carbocycles. The molecule has 0 radical (unpaired) electrons. The Hall–Kier alpha value is -2.24. The van der Waals surface area contributed by atoms with Crippen LogP contribution in [0.5, 0.6) is 11.5 Å². The molecular weight excluding hydrogens is 274 g/mol. The maximum Gasteiger partial charge on any atom is 0.310 e. The number of hydrogen-bond donors (Lipinski definition) is 2. The summed E-state index contributed by atoms with van der Waals surface area (Å²) in [6.07, 6.45) is 1.36. The van der Waals surface area contributed by atoms with Gasteiger partial charge in [0.2, 0.25) is 0 Å². The van der Waals surface area contributed by atoms with E-state index in [0.717, 1.165) is 0 Å². The largest absolute Gasteiger partial charge is 0.507 e. The summed E-state index contributed by atoms with van der Waals surface area (Å²) >= 11 is 0. The van der Waals surface area contributed by atoms with Gasteiger partial charge in [0.05, 0.1) is 12.5 Å². The van der Waals surface area contributed by atoms with Crippen molar-refractivity contribution < 1.29 is 24.5 Å². The number of ether oxygens (including phenoxy) is 1. The minimum absolute atomic E-state index is 0.123. The van der Waals surface area contributed by atoms with E-state index >= 15 is 0 Å². The second-order valence-corrected chi connectivity index (χ2v) is 5.01. The lowest BCUT2D eigenvalue weighted by atomic mass is 9.97. The molecule has 1 fully saturated rings. The molecule has 1 aromatic rings. The Labute approximate surface area is 122 Å². The Morgan fingerprint density at radius 1 is 1.33 bits per heavy atom. The van der Waals surface area contributed by atoms with Gasteiger partial charge < -0.3 is 19.8 Å². The number of likely N-dealkylation sites (tertiary alicyclic amines) is 1. The van der Waals surface area contributed by atoms with E-state index < -0.39 is 5.91 Å². The van der Waals surface area contributed by atoms with E-state index in [0.29, 0.717) is 26.0 Å². The zero-order chi connectivity index (χ0) is 15.4.